The summed E-state index contributed by atoms with van der Waals surface area (Å²) in [5.74, 6) is 0.959. The van der Waals surface area contributed by atoms with Crippen molar-refractivity contribution in [1.82, 2.24) is 19.1 Å². The van der Waals surface area contributed by atoms with Crippen LogP contribution in [0.3, 0.4) is 0 Å². The molecule has 268 valence electrons. The van der Waals surface area contributed by atoms with Gasteiger partial charge in [0.25, 0.3) is 0 Å². The SMILES string of the molecule is [2H]c1c([2H])c([2H])c([Si](c2ccccc2)(c2ccccc2)c2ccccc2)c(-c2cc(-n3c4ccccc4c4ccccc43)nc(-n3c4ccccc4c4ccccc43)n2)c1[2H]. The molecular formula is C52H36N4Si. The van der Waals surface area contributed by atoms with Gasteiger partial charge in [-0.2, -0.15) is 4.98 Å². The van der Waals surface area contributed by atoms with E-state index in [-0.39, 0.29) is 24.2 Å². The summed E-state index contributed by atoms with van der Waals surface area (Å²) in [6.07, 6.45) is 0. The van der Waals surface area contributed by atoms with Crippen molar-refractivity contribution in [2.75, 3.05) is 0 Å². The molecule has 5 heteroatoms. The molecule has 0 atom stereocenters. The Morgan fingerprint density at radius 3 is 1.25 bits per heavy atom. The summed E-state index contributed by atoms with van der Waals surface area (Å²) < 4.78 is 42.8. The number of hydrogen-bond acceptors (Lipinski definition) is 2. The van der Waals surface area contributed by atoms with E-state index in [1.165, 1.54) is 0 Å². The first kappa shape index (κ1) is 29.0. The average molecular weight is 749 g/mol. The number of aromatic nitrogens is 4. The molecule has 11 aromatic rings. The zero-order valence-corrected chi connectivity index (χ0v) is 31.8. The number of fused-ring (bicyclic) bond motifs is 6. The number of hydrogen-bond donors (Lipinski definition) is 0. The minimum absolute atomic E-state index is 0.0883. The molecule has 11 rings (SSSR count). The van der Waals surface area contributed by atoms with Crippen molar-refractivity contribution in [1.29, 1.82) is 0 Å². The van der Waals surface area contributed by atoms with Crippen molar-refractivity contribution in [3.63, 3.8) is 0 Å². The minimum atomic E-state index is -3.58. The summed E-state index contributed by atoms with van der Waals surface area (Å²) in [6, 6.07) is 64.7. The molecule has 0 unspecified atom stereocenters. The standard InChI is InChI=1S/C52H36N4Si/c1-4-20-37(21-5-1)57(38-22-6-2-7-23-38,39-24-8-3-9-25-39)50-35-19-14-30-44(50)45-36-51(55-46-31-15-10-26-40(46)41-27-11-16-32-47(41)55)54-52(53-45)56-48-33-17-12-28-42(48)43-29-13-18-34-49(43)56/h1-36H/i14D,19D,30D,35D. The highest BCUT2D eigenvalue weighted by molar-refractivity contribution is 7.20. The molecule has 57 heavy (non-hydrogen) atoms. The zero-order chi connectivity index (χ0) is 41.2. The summed E-state index contributed by atoms with van der Waals surface area (Å²) in [6.45, 7) is 0. The van der Waals surface area contributed by atoms with E-state index in [9.17, 15) is 5.48 Å². The van der Waals surface area contributed by atoms with Gasteiger partial charge in [-0.15, -0.1) is 0 Å². The Labute approximate surface area is 337 Å². The maximum absolute atomic E-state index is 10.0. The second kappa shape index (κ2) is 13.4. The molecule has 0 amide bonds. The van der Waals surface area contributed by atoms with Gasteiger partial charge in [0.1, 0.15) is 5.82 Å². The van der Waals surface area contributed by atoms with Gasteiger partial charge in [0.15, 0.2) is 8.07 Å². The molecular weight excluding hydrogens is 709 g/mol. The quantitative estimate of drug-likeness (QED) is 0.120. The van der Waals surface area contributed by atoms with Crippen molar-refractivity contribution in [2.24, 2.45) is 0 Å². The van der Waals surface area contributed by atoms with Crippen LogP contribution in [0.15, 0.2) is 218 Å². The van der Waals surface area contributed by atoms with E-state index in [1.807, 2.05) is 109 Å². The summed E-state index contributed by atoms with van der Waals surface area (Å²) in [7, 11) is -3.58. The maximum atomic E-state index is 10.0. The third-order valence-corrected chi connectivity index (χ3v) is 16.0. The molecule has 4 nitrogen and oxygen atoms in total. The van der Waals surface area contributed by atoms with Crippen molar-refractivity contribution < 1.29 is 5.48 Å². The lowest BCUT2D eigenvalue weighted by Gasteiger charge is -2.35. The molecule has 0 bridgehead atoms. The zero-order valence-electron chi connectivity index (χ0n) is 34.8. The lowest BCUT2D eigenvalue weighted by atomic mass is 10.1. The largest absolute Gasteiger partial charge is 0.294 e. The van der Waals surface area contributed by atoms with Crippen LogP contribution in [0.2, 0.25) is 0 Å². The first-order chi connectivity index (χ1) is 30.0. The van der Waals surface area contributed by atoms with Crippen LogP contribution in [0.25, 0.3) is 66.6 Å². The molecule has 0 aliphatic heterocycles. The smallest absolute Gasteiger partial charge is 0.237 e. The fraction of sp³-hybridized carbons (Fsp3) is 0. The Kier molecular flexibility index (Phi) is 6.84. The van der Waals surface area contributed by atoms with E-state index in [2.05, 4.69) is 94.1 Å². The Balaban J connectivity index is 1.34. The van der Waals surface area contributed by atoms with E-state index in [0.717, 1.165) is 59.2 Å². The predicted molar refractivity (Wildman–Crippen MR) is 240 cm³/mol. The molecule has 0 aliphatic rings. The first-order valence-electron chi connectivity index (χ1n) is 21.1. The van der Waals surface area contributed by atoms with E-state index in [1.54, 1.807) is 0 Å². The molecule has 0 saturated carbocycles. The van der Waals surface area contributed by atoms with Gasteiger partial charge in [-0.05, 0) is 45.0 Å². The van der Waals surface area contributed by atoms with Crippen molar-refractivity contribution in [2.45, 2.75) is 0 Å². The molecule has 0 aliphatic carbocycles. The fourth-order valence-corrected chi connectivity index (χ4v) is 13.6. The topological polar surface area (TPSA) is 35.6 Å². The van der Waals surface area contributed by atoms with Crippen molar-refractivity contribution in [3.05, 3.63) is 218 Å². The maximum Gasteiger partial charge on any atom is 0.237 e. The second-order valence-electron chi connectivity index (χ2n) is 14.2. The van der Waals surface area contributed by atoms with Gasteiger partial charge < -0.3 is 0 Å². The monoisotopic (exact) mass is 748 g/mol. The van der Waals surface area contributed by atoms with E-state index >= 15 is 0 Å². The third kappa shape index (κ3) is 5.13. The molecule has 3 aromatic heterocycles. The second-order valence-corrected chi connectivity index (χ2v) is 18.0. The highest BCUT2D eigenvalue weighted by Crippen LogP contribution is 2.35. The van der Waals surface area contributed by atoms with Gasteiger partial charge in [-0.25, -0.2) is 4.98 Å². The first-order valence-corrected chi connectivity index (χ1v) is 21.1. The van der Waals surface area contributed by atoms with Gasteiger partial charge in [0.05, 0.1) is 33.2 Å². The fourth-order valence-electron chi connectivity index (χ4n) is 8.86. The predicted octanol–water partition coefficient (Wildman–Crippen LogP) is 9.72. The van der Waals surface area contributed by atoms with Gasteiger partial charge in [0.2, 0.25) is 5.95 Å². The van der Waals surface area contributed by atoms with Crippen LogP contribution in [0.4, 0.5) is 0 Å². The Morgan fingerprint density at radius 2 is 0.789 bits per heavy atom. The number of para-hydroxylation sites is 4. The lowest BCUT2D eigenvalue weighted by Crippen LogP contribution is -2.75. The van der Waals surface area contributed by atoms with Crippen LogP contribution in [-0.2, 0) is 0 Å². The molecule has 8 aromatic carbocycles. The summed E-state index contributed by atoms with van der Waals surface area (Å²) in [5, 5.41) is 7.73. The molecule has 0 saturated heterocycles. The Morgan fingerprint density at radius 1 is 0.404 bits per heavy atom. The van der Waals surface area contributed by atoms with E-state index in [0.29, 0.717) is 28.2 Å². The normalized spacial score (nSPS) is 12.8. The summed E-state index contributed by atoms with van der Waals surface area (Å²) in [5.41, 5.74) is 4.50. The van der Waals surface area contributed by atoms with Crippen molar-refractivity contribution in [3.8, 4) is 23.0 Å². The van der Waals surface area contributed by atoms with Gasteiger partial charge in [-0.1, -0.05) is 188 Å². The summed E-state index contributed by atoms with van der Waals surface area (Å²) >= 11 is 0. The van der Waals surface area contributed by atoms with Gasteiger partial charge in [-0.3, -0.25) is 9.13 Å². The third-order valence-electron chi connectivity index (χ3n) is 11.2. The highest BCUT2D eigenvalue weighted by Gasteiger charge is 2.43. The molecule has 0 N–H and O–H groups in total. The van der Waals surface area contributed by atoms with Crippen LogP contribution in [0, 0.1) is 0 Å². The molecule has 0 spiro atoms. The van der Waals surface area contributed by atoms with Crippen LogP contribution in [0.1, 0.15) is 5.48 Å². The summed E-state index contributed by atoms with van der Waals surface area (Å²) in [4.78, 5) is 10.9. The van der Waals surface area contributed by atoms with Crippen LogP contribution < -0.4 is 20.7 Å². The number of rotatable bonds is 7. The van der Waals surface area contributed by atoms with E-state index in [4.69, 9.17) is 9.97 Å². The molecule has 3 heterocycles. The average Bonchev–Trinajstić information content (AvgIpc) is 3.84. The Bertz CT molecular complexity index is 3140. The van der Waals surface area contributed by atoms with Crippen LogP contribution >= 0.6 is 0 Å². The Hall–Kier alpha value is -7.34. The minimum Gasteiger partial charge on any atom is -0.294 e. The van der Waals surface area contributed by atoms with Gasteiger partial charge in [0, 0.05) is 33.2 Å². The lowest BCUT2D eigenvalue weighted by molar-refractivity contribution is 0.952. The number of nitrogens with zero attached hydrogens (tertiary/aromatic N) is 4. The molecule has 0 radical (unpaired) electrons. The number of benzene rings is 8. The molecule has 0 fully saturated rings. The van der Waals surface area contributed by atoms with Crippen LogP contribution in [0.5, 0.6) is 0 Å². The van der Waals surface area contributed by atoms with Gasteiger partial charge >= 0.3 is 0 Å². The van der Waals surface area contributed by atoms with E-state index < -0.39 is 8.07 Å². The van der Waals surface area contributed by atoms with Crippen molar-refractivity contribution >= 4 is 72.4 Å². The highest BCUT2D eigenvalue weighted by atomic mass is 28.3. The van der Waals surface area contributed by atoms with Crippen LogP contribution in [-0.4, -0.2) is 27.2 Å².